The summed E-state index contributed by atoms with van der Waals surface area (Å²) in [5.41, 5.74) is 0. The highest BCUT2D eigenvalue weighted by molar-refractivity contribution is 6.16. The van der Waals surface area contributed by atoms with E-state index in [1.54, 1.807) is 0 Å². The normalized spacial score (nSPS) is 28.8. The predicted molar refractivity (Wildman–Crippen MR) is 54.4 cm³/mol. The highest BCUT2D eigenvalue weighted by Gasteiger charge is 2.32. The molecule has 0 amide bonds. The van der Waals surface area contributed by atoms with Crippen LogP contribution in [0.2, 0.25) is 0 Å². The zero-order chi connectivity index (χ0) is 10.1. The van der Waals surface area contributed by atoms with Crippen LogP contribution in [0.1, 0.15) is 0 Å². The van der Waals surface area contributed by atoms with Gasteiger partial charge in [0.15, 0.2) is 11.9 Å². The molecular weight excluding hydrogens is 196 g/mol. The monoisotopic (exact) mass is 206 g/mol. The van der Waals surface area contributed by atoms with Gasteiger partial charge >= 0.3 is 0 Å². The Morgan fingerprint density at radius 2 is 2.20 bits per heavy atom. The largest absolute Gasteiger partial charge is 0.378 e. The van der Waals surface area contributed by atoms with E-state index in [0.717, 1.165) is 32.1 Å². The number of ether oxygens (including phenoxy) is 1. The number of aliphatic imine (C=N–C) groups is 2. The lowest BCUT2D eigenvalue weighted by Gasteiger charge is -2.31. The van der Waals surface area contributed by atoms with Gasteiger partial charge < -0.3 is 9.64 Å². The van der Waals surface area contributed by atoms with Crippen LogP contribution in [0.4, 0.5) is 0 Å². The summed E-state index contributed by atoms with van der Waals surface area (Å²) in [6, 6.07) is -0.201. The molecule has 0 aromatic rings. The van der Waals surface area contributed by atoms with E-state index in [4.69, 9.17) is 4.74 Å². The number of fused-ring (bicyclic) bond motifs is 1. The fourth-order valence-corrected chi connectivity index (χ4v) is 1.76. The topological polar surface area (TPSA) is 74.3 Å². The maximum atomic E-state index is 5.29. The van der Waals surface area contributed by atoms with Gasteiger partial charge in [-0.3, -0.25) is 0 Å². The molecule has 0 bridgehead atoms. The van der Waals surface area contributed by atoms with Gasteiger partial charge in [0.1, 0.15) is 12.2 Å². The van der Waals surface area contributed by atoms with Gasteiger partial charge in [-0.2, -0.15) is 0 Å². The van der Waals surface area contributed by atoms with E-state index in [2.05, 4.69) is 30.3 Å². The van der Waals surface area contributed by atoms with Crippen LogP contribution in [0.5, 0.6) is 0 Å². The van der Waals surface area contributed by atoms with Crippen LogP contribution >= 0.6 is 0 Å². The van der Waals surface area contributed by atoms with Gasteiger partial charge in [-0.05, 0) is 5.22 Å². The van der Waals surface area contributed by atoms with Gasteiger partial charge in [-0.25, -0.2) is 9.98 Å². The molecule has 7 heteroatoms. The van der Waals surface area contributed by atoms with Crippen LogP contribution < -0.4 is 0 Å². The van der Waals surface area contributed by atoms with Crippen LogP contribution in [0.3, 0.4) is 0 Å². The van der Waals surface area contributed by atoms with Crippen molar-refractivity contribution in [3.63, 3.8) is 0 Å². The smallest absolute Gasteiger partial charge is 0.192 e. The maximum absolute atomic E-state index is 5.29. The lowest BCUT2D eigenvalue weighted by Crippen LogP contribution is -2.47. The second-order valence-corrected chi connectivity index (χ2v) is 3.40. The van der Waals surface area contributed by atoms with Crippen molar-refractivity contribution >= 4 is 18.0 Å². The predicted octanol–water partition coefficient (Wildman–Crippen LogP) is -0.0931. The third kappa shape index (κ3) is 1.44. The third-order valence-electron chi connectivity index (χ3n) is 2.52. The Morgan fingerprint density at radius 1 is 1.33 bits per heavy atom. The summed E-state index contributed by atoms with van der Waals surface area (Å²) >= 11 is 0. The quantitative estimate of drug-likeness (QED) is 0.555. The van der Waals surface area contributed by atoms with E-state index in [1.807, 2.05) is 0 Å². The third-order valence-corrected chi connectivity index (χ3v) is 2.52. The van der Waals surface area contributed by atoms with Crippen molar-refractivity contribution in [1.29, 1.82) is 0 Å². The number of hydrogen-bond acceptors (Lipinski definition) is 7. The van der Waals surface area contributed by atoms with Gasteiger partial charge in [-0.1, -0.05) is 0 Å². The summed E-state index contributed by atoms with van der Waals surface area (Å²) in [7, 11) is 0. The SMILES string of the molecule is C1=NC2=NN=NC2C(N2CCOCC2)=N1. The summed E-state index contributed by atoms with van der Waals surface area (Å²) < 4.78 is 5.29. The molecule has 1 fully saturated rings. The second kappa shape index (κ2) is 3.50. The average molecular weight is 206 g/mol. The van der Waals surface area contributed by atoms with Gasteiger partial charge in [0, 0.05) is 13.1 Å². The Labute approximate surface area is 86.3 Å². The number of nitrogens with zero attached hydrogens (tertiary/aromatic N) is 6. The standard InChI is InChI=1S/C8H10N6O/c1-3-15-4-2-14(1)8-6-7(9-5-10-8)12-13-11-6/h5-6H,1-4H2. The first-order valence-electron chi connectivity index (χ1n) is 4.86. The summed E-state index contributed by atoms with van der Waals surface area (Å²) in [6.45, 7) is 3.14. The zero-order valence-electron chi connectivity index (χ0n) is 8.07. The molecule has 3 aliphatic rings. The molecule has 15 heavy (non-hydrogen) atoms. The highest BCUT2D eigenvalue weighted by atomic mass is 16.5. The van der Waals surface area contributed by atoms with Crippen LogP contribution in [0.15, 0.2) is 25.4 Å². The minimum Gasteiger partial charge on any atom is -0.378 e. The van der Waals surface area contributed by atoms with Crippen molar-refractivity contribution in [2.75, 3.05) is 26.3 Å². The van der Waals surface area contributed by atoms with Crippen LogP contribution in [-0.2, 0) is 4.74 Å². The van der Waals surface area contributed by atoms with Gasteiger partial charge in [0.05, 0.1) is 13.2 Å². The minimum absolute atomic E-state index is 0.201. The molecule has 0 aromatic carbocycles. The summed E-state index contributed by atoms with van der Waals surface area (Å²) in [5.74, 6) is 1.51. The van der Waals surface area contributed by atoms with Crippen molar-refractivity contribution in [1.82, 2.24) is 4.90 Å². The molecular formula is C8H10N6O. The van der Waals surface area contributed by atoms with E-state index in [1.165, 1.54) is 6.34 Å². The second-order valence-electron chi connectivity index (χ2n) is 3.40. The first kappa shape index (κ1) is 8.66. The van der Waals surface area contributed by atoms with E-state index in [0.29, 0.717) is 5.84 Å². The molecule has 0 aliphatic carbocycles. The lowest BCUT2D eigenvalue weighted by molar-refractivity contribution is 0.0673. The highest BCUT2D eigenvalue weighted by Crippen LogP contribution is 2.15. The van der Waals surface area contributed by atoms with Crippen molar-refractivity contribution in [2.24, 2.45) is 25.4 Å². The molecule has 0 saturated carbocycles. The maximum Gasteiger partial charge on any atom is 0.192 e. The first-order valence-corrected chi connectivity index (χ1v) is 4.86. The van der Waals surface area contributed by atoms with Gasteiger partial charge in [0.2, 0.25) is 0 Å². The van der Waals surface area contributed by atoms with Crippen molar-refractivity contribution in [2.45, 2.75) is 6.04 Å². The summed E-state index contributed by atoms with van der Waals surface area (Å²) in [4.78, 5) is 10.4. The van der Waals surface area contributed by atoms with Crippen molar-refractivity contribution in [3.05, 3.63) is 0 Å². The number of hydrogen-bond donors (Lipinski definition) is 0. The lowest BCUT2D eigenvalue weighted by atomic mass is 10.2. The first-order chi connectivity index (χ1) is 7.45. The molecule has 1 saturated heterocycles. The number of rotatable bonds is 0. The van der Waals surface area contributed by atoms with Gasteiger partial charge in [-0.15, -0.1) is 10.2 Å². The van der Waals surface area contributed by atoms with Crippen LogP contribution in [-0.4, -0.2) is 55.3 Å². The molecule has 1 unspecified atom stereocenters. The van der Waals surface area contributed by atoms with E-state index < -0.39 is 0 Å². The average Bonchev–Trinajstić information content (AvgIpc) is 2.78. The Kier molecular flexibility index (Phi) is 2.02. The zero-order valence-corrected chi connectivity index (χ0v) is 8.07. The number of amidine groups is 2. The molecule has 3 heterocycles. The fourth-order valence-electron chi connectivity index (χ4n) is 1.76. The Hall–Kier alpha value is -1.63. The molecule has 0 spiro atoms. The van der Waals surface area contributed by atoms with Gasteiger partial charge in [0.25, 0.3) is 0 Å². The van der Waals surface area contributed by atoms with Crippen molar-refractivity contribution in [3.8, 4) is 0 Å². The van der Waals surface area contributed by atoms with Crippen molar-refractivity contribution < 1.29 is 4.74 Å². The molecule has 0 aromatic heterocycles. The van der Waals surface area contributed by atoms with Crippen LogP contribution in [0, 0.1) is 0 Å². The Balaban J connectivity index is 1.85. The Morgan fingerprint density at radius 3 is 3.07 bits per heavy atom. The van der Waals surface area contributed by atoms with E-state index >= 15 is 0 Å². The molecule has 3 rings (SSSR count). The Bertz CT molecular complexity index is 379. The molecule has 7 nitrogen and oxygen atoms in total. The van der Waals surface area contributed by atoms with E-state index in [-0.39, 0.29) is 6.04 Å². The number of morpholine rings is 1. The fraction of sp³-hybridized carbons (Fsp3) is 0.625. The molecule has 0 radical (unpaired) electrons. The molecule has 78 valence electrons. The van der Waals surface area contributed by atoms with Crippen LogP contribution in [0.25, 0.3) is 0 Å². The minimum atomic E-state index is -0.201. The van der Waals surface area contributed by atoms with E-state index in [9.17, 15) is 0 Å². The summed E-state index contributed by atoms with van der Waals surface area (Å²) in [5, 5.41) is 11.5. The molecule has 3 aliphatic heterocycles. The summed E-state index contributed by atoms with van der Waals surface area (Å²) in [6.07, 6.45) is 1.51. The molecule has 0 N–H and O–H groups in total. The molecule has 1 atom stereocenters.